The van der Waals surface area contributed by atoms with Gasteiger partial charge in [0.15, 0.2) is 0 Å². The summed E-state index contributed by atoms with van der Waals surface area (Å²) in [5.41, 5.74) is 7.14. The monoisotopic (exact) mass is 1320 g/mol. The lowest BCUT2D eigenvalue weighted by Gasteiger charge is -2.21. The summed E-state index contributed by atoms with van der Waals surface area (Å²) in [6.45, 7) is 45.2. The van der Waals surface area contributed by atoms with E-state index in [9.17, 15) is 19.2 Å². The molecule has 0 spiro atoms. The molecule has 13 nitrogen and oxygen atoms in total. The zero-order valence-corrected chi connectivity index (χ0v) is 62.6. The molecule has 0 bridgehead atoms. The molecule has 530 valence electrons. The molecule has 6 rings (SSSR count). The molecule has 6 aromatic rings. The van der Waals surface area contributed by atoms with Crippen LogP contribution in [0, 0.1) is 11.8 Å². The molecule has 0 aliphatic heterocycles. The minimum atomic E-state index is -0.689. The van der Waals surface area contributed by atoms with Crippen LogP contribution in [-0.2, 0) is 28.5 Å². The lowest BCUT2D eigenvalue weighted by Crippen LogP contribution is -2.27. The number of carbonyl (C=O) groups excluding carboxylic acids is 4. The zero-order valence-electron chi connectivity index (χ0n) is 62.6. The lowest BCUT2D eigenvalue weighted by atomic mass is 9.99. The van der Waals surface area contributed by atoms with Crippen molar-refractivity contribution in [1.82, 2.24) is 0 Å². The molecular weight excluding hydrogens is 1190 g/mol. The maximum absolute atomic E-state index is 11.2. The van der Waals surface area contributed by atoms with Crippen LogP contribution in [0.25, 0.3) is 0 Å². The summed E-state index contributed by atoms with van der Waals surface area (Å²) in [5, 5.41) is 27.0. The molecule has 8 unspecified atom stereocenters. The maximum Gasteiger partial charge on any atom is 0.513 e. The Morgan fingerprint density at radius 3 is 0.695 bits per heavy atom. The highest BCUT2D eigenvalue weighted by Crippen LogP contribution is 2.26. The van der Waals surface area contributed by atoms with Gasteiger partial charge in [-0.25, -0.2) is 9.59 Å². The number of phenols is 3. The average molecular weight is 1320 g/mol. The van der Waals surface area contributed by atoms with E-state index >= 15 is 0 Å². The van der Waals surface area contributed by atoms with E-state index in [0.29, 0.717) is 64.3 Å². The van der Waals surface area contributed by atoms with Crippen LogP contribution in [0.3, 0.4) is 0 Å². The zero-order chi connectivity index (χ0) is 72.9. The third-order valence-electron chi connectivity index (χ3n) is 15.9. The van der Waals surface area contributed by atoms with Gasteiger partial charge in [-0.2, -0.15) is 0 Å². The van der Waals surface area contributed by atoms with E-state index in [4.69, 9.17) is 34.3 Å². The molecule has 13 heteroatoms. The molecule has 8 atom stereocenters. The fraction of sp³-hybridized carbons (Fsp3) is 0.512. The third kappa shape index (κ3) is 42.3. The van der Waals surface area contributed by atoms with Crippen molar-refractivity contribution < 1.29 is 62.9 Å². The predicted molar refractivity (Wildman–Crippen MR) is 393 cm³/mol. The minimum absolute atomic E-state index is 0.0224. The maximum atomic E-state index is 11.2. The van der Waals surface area contributed by atoms with E-state index in [0.717, 1.165) is 44.9 Å². The number of hydrogen-bond donors (Lipinski definition) is 3. The second kappa shape index (κ2) is 49.7. The molecule has 3 N–H and O–H groups in total. The van der Waals surface area contributed by atoms with Gasteiger partial charge in [-0.15, -0.1) is 0 Å². The first-order chi connectivity index (χ1) is 44.6. The van der Waals surface area contributed by atoms with Crippen molar-refractivity contribution in [1.29, 1.82) is 0 Å². The number of methoxy groups -OCH3 is 2. The summed E-state index contributed by atoms with van der Waals surface area (Å²) in [6.07, 6.45) is 7.15. The normalized spacial score (nSPS) is 12.9. The number of esters is 2. The van der Waals surface area contributed by atoms with Crippen molar-refractivity contribution in [3.8, 4) is 28.7 Å². The van der Waals surface area contributed by atoms with Crippen molar-refractivity contribution >= 4 is 24.2 Å². The minimum Gasteiger partial charge on any atom is -0.508 e. The van der Waals surface area contributed by atoms with E-state index in [1.54, 1.807) is 60.7 Å². The van der Waals surface area contributed by atoms with Gasteiger partial charge in [-0.05, 0) is 222 Å². The van der Waals surface area contributed by atoms with Crippen LogP contribution in [-0.4, -0.2) is 65.0 Å². The first-order valence-electron chi connectivity index (χ1n) is 34.2. The number of ether oxygens (including phenoxy) is 6. The molecular formula is C82H124O13. The number of aromatic hydroxyl groups is 3. The van der Waals surface area contributed by atoms with E-state index in [-0.39, 0.29) is 35.0 Å². The van der Waals surface area contributed by atoms with Crippen molar-refractivity contribution in [2.75, 3.05) is 14.2 Å². The van der Waals surface area contributed by atoms with E-state index < -0.39 is 12.3 Å². The van der Waals surface area contributed by atoms with E-state index in [1.165, 1.54) is 54.0 Å². The van der Waals surface area contributed by atoms with Gasteiger partial charge in [-0.1, -0.05) is 202 Å². The lowest BCUT2D eigenvalue weighted by molar-refractivity contribution is -0.160. The van der Waals surface area contributed by atoms with Gasteiger partial charge in [0, 0.05) is 0 Å². The van der Waals surface area contributed by atoms with Gasteiger partial charge in [0.25, 0.3) is 0 Å². The first kappa shape index (κ1) is 89.3. The Morgan fingerprint density at radius 1 is 0.316 bits per heavy atom. The Balaban J connectivity index is 0. The Hall–Kier alpha value is -7.80. The van der Waals surface area contributed by atoms with Gasteiger partial charge in [-0.3, -0.25) is 9.59 Å². The molecule has 0 heterocycles. The van der Waals surface area contributed by atoms with E-state index in [2.05, 4.69) is 123 Å². The molecule has 0 fully saturated rings. The molecule has 0 aliphatic rings. The smallest absolute Gasteiger partial charge is 0.508 e. The summed E-state index contributed by atoms with van der Waals surface area (Å²) in [5.74, 6) is 5.44. The fourth-order valence-corrected chi connectivity index (χ4v) is 7.75. The quantitative estimate of drug-likeness (QED) is 0.0420. The summed E-state index contributed by atoms with van der Waals surface area (Å²) in [6, 6.07) is 47.9. The Kier molecular flexibility index (Phi) is 46.7. The van der Waals surface area contributed by atoms with Crippen LogP contribution < -0.4 is 9.47 Å². The number of hydrogen-bond acceptors (Lipinski definition) is 13. The van der Waals surface area contributed by atoms with Gasteiger partial charge < -0.3 is 43.7 Å². The molecule has 0 aromatic heterocycles. The molecule has 0 aliphatic carbocycles. The summed E-state index contributed by atoms with van der Waals surface area (Å²) < 4.78 is 28.8. The highest BCUT2D eigenvalue weighted by molar-refractivity contribution is 5.72. The number of rotatable bonds is 18. The fourth-order valence-electron chi connectivity index (χ4n) is 7.75. The second-order valence-electron chi connectivity index (χ2n) is 26.0. The Labute approximate surface area is 574 Å². The SMILES string of the molecule is CCC(C)C(=O)OC(C)(C)C.CCC(C)C(=O)OC(C)(C)C.CCC(C)c1ccc(O)cc1.CCC(C)c1ccc(O)cc1.CCC(C)c1ccc(O)cc1.CCC(C)c1ccc(OC(=O)OC)cc1.CCC(C)c1ccc(OC(=O)OC)cc1.CCC(C)c1ccccc1. The van der Waals surface area contributed by atoms with Crippen LogP contribution >= 0.6 is 0 Å². The van der Waals surface area contributed by atoms with Crippen molar-refractivity contribution in [2.24, 2.45) is 11.8 Å². The predicted octanol–water partition coefficient (Wildman–Crippen LogP) is 23.4. The largest absolute Gasteiger partial charge is 0.513 e. The van der Waals surface area contributed by atoms with Gasteiger partial charge in [0.05, 0.1) is 26.1 Å². The summed E-state index contributed by atoms with van der Waals surface area (Å²) in [7, 11) is 2.58. The van der Waals surface area contributed by atoms with Crippen molar-refractivity contribution in [3.63, 3.8) is 0 Å². The standard InChI is InChI=1S/2C12H16O3.3C10H14O.C10H14.2C9H18O2/c2*1-4-9(2)10-5-7-11(8-6-10)15-12(13)14-3;3*1-3-8(2)9-4-6-10(11)7-5-9;1-3-9(2)10-7-5-4-6-8-10;2*1-6-7(2)8(10)11-9(3,4)5/h2*5-9H,4H2,1-3H3;3*4-8,11H,3H2,1-2H3;4-9H,3H2,1-2H3;2*7H,6H2,1-5H3. The molecule has 0 radical (unpaired) electrons. The van der Waals surface area contributed by atoms with Crippen LogP contribution in [0.1, 0.15) is 273 Å². The molecule has 0 amide bonds. The summed E-state index contributed by atoms with van der Waals surface area (Å²) in [4.78, 5) is 44.0. The molecule has 6 aromatic carbocycles. The number of phenolic OH excluding ortho intramolecular Hbond substituents is 3. The van der Waals surface area contributed by atoms with Gasteiger partial charge >= 0.3 is 24.2 Å². The van der Waals surface area contributed by atoms with Gasteiger partial charge in [0.1, 0.15) is 39.9 Å². The molecule has 0 saturated heterocycles. The van der Waals surface area contributed by atoms with Gasteiger partial charge in [0.2, 0.25) is 0 Å². The van der Waals surface area contributed by atoms with Crippen molar-refractivity contribution in [3.05, 3.63) is 185 Å². The topological polar surface area (TPSA) is 184 Å². The van der Waals surface area contributed by atoms with Crippen LogP contribution in [0.4, 0.5) is 9.59 Å². The Morgan fingerprint density at radius 2 is 0.516 bits per heavy atom. The summed E-state index contributed by atoms with van der Waals surface area (Å²) >= 11 is 0. The second-order valence-corrected chi connectivity index (χ2v) is 26.0. The molecule has 95 heavy (non-hydrogen) atoms. The highest BCUT2D eigenvalue weighted by Gasteiger charge is 2.21. The van der Waals surface area contributed by atoms with Crippen LogP contribution in [0.5, 0.6) is 28.7 Å². The van der Waals surface area contributed by atoms with Crippen LogP contribution in [0.2, 0.25) is 0 Å². The van der Waals surface area contributed by atoms with E-state index in [1.807, 2.05) is 130 Å². The molecule has 0 saturated carbocycles. The number of carbonyl (C=O) groups is 4. The third-order valence-corrected chi connectivity index (χ3v) is 15.9. The van der Waals surface area contributed by atoms with Crippen molar-refractivity contribution in [2.45, 2.75) is 250 Å². The number of benzene rings is 6. The van der Waals surface area contributed by atoms with Crippen LogP contribution in [0.15, 0.2) is 152 Å². The average Bonchev–Trinajstić information content (AvgIpc) is 3.59. The Bertz CT molecular complexity index is 2690. The first-order valence-corrected chi connectivity index (χ1v) is 34.2. The highest BCUT2D eigenvalue weighted by atomic mass is 16.7.